The highest BCUT2D eigenvalue weighted by Crippen LogP contribution is 2.28. The van der Waals surface area contributed by atoms with Crippen LogP contribution in [0.25, 0.3) is 0 Å². The van der Waals surface area contributed by atoms with Gasteiger partial charge in [-0.1, -0.05) is 29.0 Å². The van der Waals surface area contributed by atoms with E-state index in [9.17, 15) is 4.79 Å². The van der Waals surface area contributed by atoms with Crippen LogP contribution < -0.4 is 16.0 Å². The van der Waals surface area contributed by atoms with Crippen molar-refractivity contribution in [3.05, 3.63) is 34.2 Å². The summed E-state index contributed by atoms with van der Waals surface area (Å²) in [5.74, 6) is 0.0604. The van der Waals surface area contributed by atoms with Crippen LogP contribution in [0.1, 0.15) is 27.7 Å². The zero-order valence-corrected chi connectivity index (χ0v) is 13.5. The maximum atomic E-state index is 12.4. The number of aryl methyl sites for hydroxylation is 2. The molecule has 1 aromatic carbocycles. The lowest BCUT2D eigenvalue weighted by Crippen LogP contribution is -2.15. The summed E-state index contributed by atoms with van der Waals surface area (Å²) in [6.07, 6.45) is 0. The highest BCUT2D eigenvalue weighted by atomic mass is 32.1. The highest BCUT2D eigenvalue weighted by molar-refractivity contribution is 7.18. The molecular weight excluding hydrogens is 284 g/mol. The van der Waals surface area contributed by atoms with Crippen LogP contribution in [0, 0.1) is 13.8 Å². The highest BCUT2D eigenvalue weighted by Gasteiger charge is 2.18. The van der Waals surface area contributed by atoms with E-state index in [-0.39, 0.29) is 11.7 Å². The number of nitrogens with two attached hydrogens (primary N) is 1. The molecular formula is C15H20N4OS. The molecule has 1 heterocycles. The average Bonchev–Trinajstić information content (AvgIpc) is 2.83. The Morgan fingerprint density at radius 3 is 2.76 bits per heavy atom. The molecule has 3 N–H and O–H groups in total. The molecule has 112 valence electrons. The number of nitrogens with zero attached hydrogens (tertiary/aromatic N) is 2. The van der Waals surface area contributed by atoms with Gasteiger partial charge in [0.25, 0.3) is 5.91 Å². The van der Waals surface area contributed by atoms with Gasteiger partial charge in [-0.05, 0) is 32.4 Å². The van der Waals surface area contributed by atoms with E-state index >= 15 is 0 Å². The van der Waals surface area contributed by atoms with Crippen molar-refractivity contribution in [2.75, 3.05) is 29.5 Å². The van der Waals surface area contributed by atoms with E-state index in [2.05, 4.69) is 10.3 Å². The van der Waals surface area contributed by atoms with Gasteiger partial charge < -0.3 is 16.0 Å². The number of hydrogen-bond acceptors (Lipinski definition) is 5. The maximum absolute atomic E-state index is 12.4. The SMILES string of the molecule is CCN(C)c1nc(N)c(C(=O)Nc2ccc(C)cc2C)s1. The van der Waals surface area contributed by atoms with Gasteiger partial charge in [0.1, 0.15) is 10.7 Å². The number of nitrogen functional groups attached to an aromatic ring is 1. The molecule has 0 aliphatic heterocycles. The molecule has 2 rings (SSSR count). The summed E-state index contributed by atoms with van der Waals surface area (Å²) in [6.45, 7) is 6.82. The monoisotopic (exact) mass is 304 g/mol. The minimum absolute atomic E-state index is 0.215. The van der Waals surface area contributed by atoms with Crippen molar-refractivity contribution in [1.29, 1.82) is 0 Å². The Morgan fingerprint density at radius 2 is 2.14 bits per heavy atom. The van der Waals surface area contributed by atoms with E-state index < -0.39 is 0 Å². The van der Waals surface area contributed by atoms with Gasteiger partial charge in [-0.25, -0.2) is 4.98 Å². The lowest BCUT2D eigenvalue weighted by Gasteiger charge is -2.11. The number of thiazole rings is 1. The van der Waals surface area contributed by atoms with Crippen molar-refractivity contribution in [3.8, 4) is 0 Å². The Labute approximate surface area is 128 Å². The van der Waals surface area contributed by atoms with Gasteiger partial charge in [-0.15, -0.1) is 0 Å². The normalized spacial score (nSPS) is 10.5. The lowest BCUT2D eigenvalue weighted by molar-refractivity contribution is 0.103. The summed E-state index contributed by atoms with van der Waals surface area (Å²) in [4.78, 5) is 19.0. The third-order valence-corrected chi connectivity index (χ3v) is 4.46. The van der Waals surface area contributed by atoms with Gasteiger partial charge in [0, 0.05) is 19.3 Å². The first-order valence-corrected chi connectivity index (χ1v) is 7.60. The van der Waals surface area contributed by atoms with Crippen molar-refractivity contribution >= 4 is 33.9 Å². The van der Waals surface area contributed by atoms with E-state index in [1.54, 1.807) is 0 Å². The molecule has 2 aromatic rings. The van der Waals surface area contributed by atoms with Crippen molar-refractivity contribution in [1.82, 2.24) is 4.98 Å². The average molecular weight is 304 g/mol. The van der Waals surface area contributed by atoms with E-state index in [4.69, 9.17) is 5.73 Å². The lowest BCUT2D eigenvalue weighted by atomic mass is 10.1. The van der Waals surface area contributed by atoms with Gasteiger partial charge in [0.2, 0.25) is 0 Å². The number of benzene rings is 1. The molecule has 0 radical (unpaired) electrons. The van der Waals surface area contributed by atoms with Crippen LogP contribution in [0.3, 0.4) is 0 Å². The van der Waals surface area contributed by atoms with Gasteiger partial charge in [0.05, 0.1) is 0 Å². The van der Waals surface area contributed by atoms with Crippen LogP contribution >= 0.6 is 11.3 Å². The third kappa shape index (κ3) is 3.33. The van der Waals surface area contributed by atoms with Crippen LogP contribution in [0.15, 0.2) is 18.2 Å². The molecule has 0 aliphatic carbocycles. The number of carbonyl (C=O) groups excluding carboxylic acids is 1. The van der Waals surface area contributed by atoms with E-state index in [1.807, 2.05) is 50.9 Å². The molecule has 0 bridgehead atoms. The largest absolute Gasteiger partial charge is 0.382 e. The molecule has 0 saturated heterocycles. The molecule has 5 nitrogen and oxygen atoms in total. The van der Waals surface area contributed by atoms with Crippen molar-refractivity contribution < 1.29 is 4.79 Å². The van der Waals surface area contributed by atoms with Crippen molar-refractivity contribution in [2.24, 2.45) is 0 Å². The summed E-state index contributed by atoms with van der Waals surface area (Å²) in [6, 6.07) is 5.90. The zero-order chi connectivity index (χ0) is 15.6. The Bertz CT molecular complexity index is 666. The van der Waals surface area contributed by atoms with E-state index in [0.29, 0.717) is 4.88 Å². The number of amides is 1. The topological polar surface area (TPSA) is 71.2 Å². The van der Waals surface area contributed by atoms with Crippen LogP contribution in [0.2, 0.25) is 0 Å². The third-order valence-electron chi connectivity index (χ3n) is 3.28. The molecule has 0 fully saturated rings. The quantitative estimate of drug-likeness (QED) is 0.910. The Kier molecular flexibility index (Phi) is 4.47. The van der Waals surface area contributed by atoms with Crippen molar-refractivity contribution in [2.45, 2.75) is 20.8 Å². The number of rotatable bonds is 4. The van der Waals surface area contributed by atoms with Crippen LogP contribution in [-0.4, -0.2) is 24.5 Å². The van der Waals surface area contributed by atoms with Gasteiger partial charge in [-0.2, -0.15) is 0 Å². The molecule has 6 heteroatoms. The summed E-state index contributed by atoms with van der Waals surface area (Å²) in [5.41, 5.74) is 8.84. The second-order valence-corrected chi connectivity index (χ2v) is 5.98. The predicted octanol–water partition coefficient (Wildman–Crippen LogP) is 3.05. The molecule has 0 saturated carbocycles. The van der Waals surface area contributed by atoms with E-state index in [0.717, 1.165) is 28.5 Å². The first-order chi connectivity index (χ1) is 9.92. The summed E-state index contributed by atoms with van der Waals surface area (Å²) in [5, 5.41) is 3.65. The van der Waals surface area contributed by atoms with Crippen LogP contribution in [0.4, 0.5) is 16.6 Å². The number of anilines is 3. The fraction of sp³-hybridized carbons (Fsp3) is 0.333. The summed E-state index contributed by atoms with van der Waals surface area (Å²) >= 11 is 1.31. The summed E-state index contributed by atoms with van der Waals surface area (Å²) < 4.78 is 0. The number of aromatic nitrogens is 1. The Balaban J connectivity index is 2.22. The molecule has 1 amide bonds. The molecule has 0 atom stereocenters. The number of hydrogen-bond donors (Lipinski definition) is 2. The molecule has 0 spiro atoms. The van der Waals surface area contributed by atoms with Crippen LogP contribution in [-0.2, 0) is 0 Å². The number of carbonyl (C=O) groups is 1. The molecule has 21 heavy (non-hydrogen) atoms. The van der Waals surface area contributed by atoms with Gasteiger partial charge >= 0.3 is 0 Å². The zero-order valence-electron chi connectivity index (χ0n) is 12.7. The Morgan fingerprint density at radius 1 is 1.43 bits per heavy atom. The standard InChI is InChI=1S/C15H20N4OS/c1-5-19(4)15-18-13(16)12(21-15)14(20)17-11-7-6-9(2)8-10(11)3/h6-8H,5,16H2,1-4H3,(H,17,20). The Hall–Kier alpha value is -2.08. The van der Waals surface area contributed by atoms with Crippen molar-refractivity contribution in [3.63, 3.8) is 0 Å². The van der Waals surface area contributed by atoms with Gasteiger partial charge in [-0.3, -0.25) is 4.79 Å². The summed E-state index contributed by atoms with van der Waals surface area (Å²) in [7, 11) is 1.92. The second-order valence-electron chi connectivity index (χ2n) is 5.00. The maximum Gasteiger partial charge on any atom is 0.269 e. The fourth-order valence-electron chi connectivity index (χ4n) is 1.91. The molecule has 0 aliphatic rings. The molecule has 0 unspecified atom stereocenters. The minimum Gasteiger partial charge on any atom is -0.382 e. The first kappa shape index (κ1) is 15.3. The fourth-order valence-corrected chi connectivity index (χ4v) is 2.82. The smallest absolute Gasteiger partial charge is 0.269 e. The predicted molar refractivity (Wildman–Crippen MR) is 89.3 cm³/mol. The first-order valence-electron chi connectivity index (χ1n) is 6.78. The second kappa shape index (κ2) is 6.13. The minimum atomic E-state index is -0.215. The number of nitrogens with one attached hydrogen (secondary N) is 1. The van der Waals surface area contributed by atoms with Crippen LogP contribution in [0.5, 0.6) is 0 Å². The van der Waals surface area contributed by atoms with Gasteiger partial charge in [0.15, 0.2) is 5.13 Å². The molecule has 1 aromatic heterocycles. The van der Waals surface area contributed by atoms with E-state index in [1.165, 1.54) is 11.3 Å².